The fourth-order valence-corrected chi connectivity index (χ4v) is 3.71. The zero-order valence-electron chi connectivity index (χ0n) is 12.8. The fourth-order valence-electron chi connectivity index (χ4n) is 3.71. The van der Waals surface area contributed by atoms with Crippen molar-refractivity contribution in [3.63, 3.8) is 0 Å². The molecule has 3 rings (SSSR count). The predicted molar refractivity (Wildman–Crippen MR) is 89.4 cm³/mol. The van der Waals surface area contributed by atoms with Gasteiger partial charge in [-0.2, -0.15) is 0 Å². The van der Waals surface area contributed by atoms with Gasteiger partial charge >= 0.3 is 0 Å². The summed E-state index contributed by atoms with van der Waals surface area (Å²) in [6.07, 6.45) is 7.12. The van der Waals surface area contributed by atoms with E-state index in [0.29, 0.717) is 17.9 Å². The standard InChI is InChI=1S/C20H22O2/c1-2-5-15-14-17(8-11-19(15)22)20(12-3-4-13-20)16-6-9-18(21)10-7-16/h2,6-11,14,21-22H,1,3-5,12-13H2. The molecule has 0 spiro atoms. The molecule has 114 valence electrons. The Balaban J connectivity index is 2.09. The number of phenolic OH excluding ortho intramolecular Hbond substituents is 2. The minimum absolute atomic E-state index is 0.00266. The molecule has 0 bridgehead atoms. The average molecular weight is 294 g/mol. The summed E-state index contributed by atoms with van der Waals surface area (Å²) < 4.78 is 0. The van der Waals surface area contributed by atoms with Gasteiger partial charge in [-0.15, -0.1) is 6.58 Å². The van der Waals surface area contributed by atoms with Crippen LogP contribution in [0.3, 0.4) is 0 Å². The van der Waals surface area contributed by atoms with E-state index in [9.17, 15) is 10.2 Å². The van der Waals surface area contributed by atoms with E-state index in [1.165, 1.54) is 24.0 Å². The van der Waals surface area contributed by atoms with E-state index < -0.39 is 0 Å². The molecule has 22 heavy (non-hydrogen) atoms. The molecule has 1 saturated carbocycles. The van der Waals surface area contributed by atoms with Crippen LogP contribution in [-0.4, -0.2) is 10.2 Å². The van der Waals surface area contributed by atoms with Crippen molar-refractivity contribution in [2.45, 2.75) is 37.5 Å². The van der Waals surface area contributed by atoms with E-state index in [2.05, 4.69) is 12.6 Å². The van der Waals surface area contributed by atoms with Crippen molar-refractivity contribution in [1.29, 1.82) is 0 Å². The summed E-state index contributed by atoms with van der Waals surface area (Å²) in [6, 6.07) is 13.5. The van der Waals surface area contributed by atoms with Crippen LogP contribution in [0.2, 0.25) is 0 Å². The minimum Gasteiger partial charge on any atom is -0.508 e. The van der Waals surface area contributed by atoms with Gasteiger partial charge in [0.2, 0.25) is 0 Å². The van der Waals surface area contributed by atoms with Gasteiger partial charge in [-0.3, -0.25) is 0 Å². The topological polar surface area (TPSA) is 40.5 Å². The highest BCUT2D eigenvalue weighted by Crippen LogP contribution is 2.47. The lowest BCUT2D eigenvalue weighted by Gasteiger charge is -2.31. The molecule has 0 heterocycles. The molecule has 2 heteroatoms. The van der Waals surface area contributed by atoms with Crippen LogP contribution >= 0.6 is 0 Å². The molecule has 2 N–H and O–H groups in total. The molecular formula is C20H22O2. The van der Waals surface area contributed by atoms with Crippen molar-refractivity contribution in [3.05, 3.63) is 71.8 Å². The van der Waals surface area contributed by atoms with Crippen molar-refractivity contribution in [3.8, 4) is 11.5 Å². The van der Waals surface area contributed by atoms with E-state index in [4.69, 9.17) is 0 Å². The van der Waals surface area contributed by atoms with Gasteiger partial charge in [0, 0.05) is 5.41 Å². The van der Waals surface area contributed by atoms with Gasteiger partial charge in [0.1, 0.15) is 11.5 Å². The molecule has 0 saturated heterocycles. The normalized spacial score (nSPS) is 16.5. The lowest BCUT2D eigenvalue weighted by molar-refractivity contribution is 0.466. The van der Waals surface area contributed by atoms with Crippen molar-refractivity contribution < 1.29 is 10.2 Å². The molecule has 0 atom stereocenters. The van der Waals surface area contributed by atoms with E-state index in [0.717, 1.165) is 18.4 Å². The van der Waals surface area contributed by atoms with Crippen LogP contribution in [-0.2, 0) is 11.8 Å². The Labute approximate surface area is 131 Å². The molecule has 2 aromatic carbocycles. The second-order valence-electron chi connectivity index (χ2n) is 6.17. The lowest BCUT2D eigenvalue weighted by Crippen LogP contribution is -2.23. The summed E-state index contributed by atoms with van der Waals surface area (Å²) in [4.78, 5) is 0. The highest BCUT2D eigenvalue weighted by Gasteiger charge is 2.37. The van der Waals surface area contributed by atoms with Gasteiger partial charge in [-0.05, 0) is 54.2 Å². The second kappa shape index (κ2) is 5.88. The van der Waals surface area contributed by atoms with Crippen LogP contribution in [0.15, 0.2) is 55.1 Å². The molecular weight excluding hydrogens is 272 g/mol. The monoisotopic (exact) mass is 294 g/mol. The molecule has 0 aliphatic heterocycles. The van der Waals surface area contributed by atoms with E-state index >= 15 is 0 Å². The number of hydrogen-bond donors (Lipinski definition) is 2. The Bertz CT molecular complexity index is 665. The fraction of sp³-hybridized carbons (Fsp3) is 0.300. The van der Waals surface area contributed by atoms with Crippen LogP contribution in [0.4, 0.5) is 0 Å². The van der Waals surface area contributed by atoms with Gasteiger partial charge in [0.15, 0.2) is 0 Å². The number of aromatic hydroxyl groups is 2. The summed E-state index contributed by atoms with van der Waals surface area (Å²) in [6.45, 7) is 3.77. The average Bonchev–Trinajstić information content (AvgIpc) is 3.01. The Kier molecular flexibility index (Phi) is 3.93. The van der Waals surface area contributed by atoms with Crippen molar-refractivity contribution >= 4 is 0 Å². The van der Waals surface area contributed by atoms with Gasteiger partial charge in [-0.25, -0.2) is 0 Å². The maximum absolute atomic E-state index is 10.0. The summed E-state index contributed by atoms with van der Waals surface area (Å²) in [7, 11) is 0. The van der Waals surface area contributed by atoms with E-state index in [-0.39, 0.29) is 5.41 Å². The van der Waals surface area contributed by atoms with Crippen LogP contribution < -0.4 is 0 Å². The third kappa shape index (κ3) is 2.50. The van der Waals surface area contributed by atoms with Crippen LogP contribution in [0.25, 0.3) is 0 Å². The Morgan fingerprint density at radius 3 is 2.23 bits per heavy atom. The summed E-state index contributed by atoms with van der Waals surface area (Å²) in [5.41, 5.74) is 3.43. The van der Waals surface area contributed by atoms with Gasteiger partial charge in [-0.1, -0.05) is 43.2 Å². The maximum Gasteiger partial charge on any atom is 0.119 e. The Morgan fingerprint density at radius 1 is 0.955 bits per heavy atom. The number of hydrogen-bond acceptors (Lipinski definition) is 2. The molecule has 0 aromatic heterocycles. The van der Waals surface area contributed by atoms with Crippen LogP contribution in [0, 0.1) is 0 Å². The third-order valence-corrected chi connectivity index (χ3v) is 4.87. The molecule has 2 nitrogen and oxygen atoms in total. The van der Waals surface area contributed by atoms with Crippen molar-refractivity contribution in [2.24, 2.45) is 0 Å². The number of rotatable bonds is 4. The smallest absolute Gasteiger partial charge is 0.119 e. The molecule has 1 fully saturated rings. The number of allylic oxidation sites excluding steroid dienone is 1. The first kappa shape index (κ1) is 14.7. The van der Waals surface area contributed by atoms with Gasteiger partial charge < -0.3 is 10.2 Å². The third-order valence-electron chi connectivity index (χ3n) is 4.87. The second-order valence-corrected chi connectivity index (χ2v) is 6.17. The maximum atomic E-state index is 10.0. The molecule has 0 unspecified atom stereocenters. The molecule has 2 aromatic rings. The zero-order valence-corrected chi connectivity index (χ0v) is 12.8. The highest BCUT2D eigenvalue weighted by atomic mass is 16.3. The Hall–Kier alpha value is -2.22. The highest BCUT2D eigenvalue weighted by molar-refractivity contribution is 5.47. The van der Waals surface area contributed by atoms with Crippen molar-refractivity contribution in [1.82, 2.24) is 0 Å². The molecule has 0 radical (unpaired) electrons. The first-order valence-corrected chi connectivity index (χ1v) is 7.88. The zero-order chi connectivity index (χ0) is 15.6. The summed E-state index contributed by atoms with van der Waals surface area (Å²) >= 11 is 0. The summed E-state index contributed by atoms with van der Waals surface area (Å²) in [5.74, 6) is 0.637. The number of phenols is 2. The van der Waals surface area contributed by atoms with Crippen LogP contribution in [0.5, 0.6) is 11.5 Å². The van der Waals surface area contributed by atoms with Gasteiger partial charge in [0.05, 0.1) is 0 Å². The lowest BCUT2D eigenvalue weighted by atomic mass is 9.72. The van der Waals surface area contributed by atoms with E-state index in [1.54, 1.807) is 18.2 Å². The van der Waals surface area contributed by atoms with E-state index in [1.807, 2.05) is 24.3 Å². The quantitative estimate of drug-likeness (QED) is 0.803. The number of benzene rings is 2. The molecule has 0 amide bonds. The SMILES string of the molecule is C=CCc1cc(C2(c3ccc(O)cc3)CCCC2)ccc1O. The largest absolute Gasteiger partial charge is 0.508 e. The van der Waals surface area contributed by atoms with Crippen molar-refractivity contribution in [2.75, 3.05) is 0 Å². The first-order chi connectivity index (χ1) is 10.7. The molecule has 1 aliphatic carbocycles. The first-order valence-electron chi connectivity index (χ1n) is 7.88. The minimum atomic E-state index is -0.00266. The summed E-state index contributed by atoms with van der Waals surface area (Å²) in [5, 5.41) is 19.6. The Morgan fingerprint density at radius 2 is 1.59 bits per heavy atom. The van der Waals surface area contributed by atoms with Crippen LogP contribution in [0.1, 0.15) is 42.4 Å². The van der Waals surface area contributed by atoms with Gasteiger partial charge in [0.25, 0.3) is 0 Å². The predicted octanol–water partition coefficient (Wildman–Crippen LogP) is 4.69. The molecule has 1 aliphatic rings.